The third-order valence-electron chi connectivity index (χ3n) is 2.57. The maximum atomic E-state index is 11.0. The molecule has 0 radical (unpaired) electrons. The van der Waals surface area contributed by atoms with Crippen LogP contribution in [-0.2, 0) is 4.79 Å². The van der Waals surface area contributed by atoms with Crippen LogP contribution in [0.2, 0.25) is 0 Å². The molecule has 0 aromatic rings. The molecular formula is C11H22N2O. The molecule has 3 nitrogen and oxygen atoms in total. The normalized spacial score (nSPS) is 15.5. The molecule has 1 aliphatic rings. The molecule has 2 N–H and O–H groups in total. The summed E-state index contributed by atoms with van der Waals surface area (Å²) in [4.78, 5) is 11.0. The fraction of sp³-hybridized carbons (Fsp3) is 0.909. The van der Waals surface area contributed by atoms with E-state index in [0.717, 1.165) is 25.6 Å². The summed E-state index contributed by atoms with van der Waals surface area (Å²) in [5.41, 5.74) is 0. The Labute approximate surface area is 86.6 Å². The number of hydrogen-bond acceptors (Lipinski definition) is 2. The Balaban J connectivity index is 1.76. The van der Waals surface area contributed by atoms with Gasteiger partial charge < -0.3 is 10.6 Å². The number of carbonyl (C=O) groups is 1. The first-order valence-electron chi connectivity index (χ1n) is 5.80. The molecule has 0 aromatic heterocycles. The van der Waals surface area contributed by atoms with Crippen LogP contribution in [0.4, 0.5) is 0 Å². The highest BCUT2D eigenvalue weighted by atomic mass is 16.1. The summed E-state index contributed by atoms with van der Waals surface area (Å²) >= 11 is 0. The molecule has 0 atom stereocenters. The number of nitrogens with one attached hydrogen (secondary N) is 2. The van der Waals surface area contributed by atoms with E-state index in [1.807, 2.05) is 6.92 Å². The van der Waals surface area contributed by atoms with Gasteiger partial charge in [0.15, 0.2) is 0 Å². The van der Waals surface area contributed by atoms with Crippen LogP contribution in [0.1, 0.15) is 39.0 Å². The fourth-order valence-electron chi connectivity index (χ4n) is 1.53. The van der Waals surface area contributed by atoms with Crippen LogP contribution in [-0.4, -0.2) is 25.5 Å². The monoisotopic (exact) mass is 198 g/mol. The molecule has 1 aliphatic carbocycles. The number of hydrogen-bond donors (Lipinski definition) is 2. The predicted octanol–water partition coefficient (Wildman–Crippen LogP) is 1.29. The van der Waals surface area contributed by atoms with Crippen molar-refractivity contribution < 1.29 is 4.79 Å². The lowest BCUT2D eigenvalue weighted by molar-refractivity contribution is -0.120. The lowest BCUT2D eigenvalue weighted by atomic mass is 10.2. The predicted molar refractivity (Wildman–Crippen MR) is 58.1 cm³/mol. The number of rotatable bonds is 8. The Bertz CT molecular complexity index is 167. The molecule has 82 valence electrons. The Morgan fingerprint density at radius 3 is 2.79 bits per heavy atom. The van der Waals surface area contributed by atoms with E-state index in [1.54, 1.807) is 0 Å². The van der Waals surface area contributed by atoms with Gasteiger partial charge in [0.05, 0.1) is 0 Å². The van der Waals surface area contributed by atoms with Crippen LogP contribution in [0.5, 0.6) is 0 Å². The largest absolute Gasteiger partial charge is 0.356 e. The summed E-state index contributed by atoms with van der Waals surface area (Å²) < 4.78 is 0. The third kappa shape index (κ3) is 5.97. The Kier molecular flexibility index (Phi) is 5.60. The Morgan fingerprint density at radius 1 is 1.36 bits per heavy atom. The standard InChI is InChI=1S/C11H22N2O/c1-2-13-11(14)7-9-12-8-3-4-10-5-6-10/h10,12H,2-9H2,1H3,(H,13,14). The smallest absolute Gasteiger partial charge is 0.221 e. The highest BCUT2D eigenvalue weighted by Crippen LogP contribution is 2.33. The molecule has 1 saturated carbocycles. The van der Waals surface area contributed by atoms with Gasteiger partial charge in [0.1, 0.15) is 0 Å². The first-order valence-corrected chi connectivity index (χ1v) is 5.80. The highest BCUT2D eigenvalue weighted by Gasteiger charge is 2.19. The summed E-state index contributed by atoms with van der Waals surface area (Å²) in [7, 11) is 0. The zero-order valence-electron chi connectivity index (χ0n) is 9.14. The molecule has 0 unspecified atom stereocenters. The van der Waals surface area contributed by atoms with Gasteiger partial charge in [-0.25, -0.2) is 0 Å². The molecule has 14 heavy (non-hydrogen) atoms. The van der Waals surface area contributed by atoms with E-state index in [1.165, 1.54) is 25.7 Å². The molecule has 0 bridgehead atoms. The van der Waals surface area contributed by atoms with Crippen molar-refractivity contribution in [3.8, 4) is 0 Å². The van der Waals surface area contributed by atoms with Crippen molar-refractivity contribution in [2.45, 2.75) is 39.0 Å². The molecule has 1 rings (SSSR count). The van der Waals surface area contributed by atoms with Crippen LogP contribution in [0, 0.1) is 5.92 Å². The van der Waals surface area contributed by atoms with Gasteiger partial charge in [0.2, 0.25) is 5.91 Å². The van der Waals surface area contributed by atoms with Gasteiger partial charge in [-0.05, 0) is 32.2 Å². The van der Waals surface area contributed by atoms with E-state index in [4.69, 9.17) is 0 Å². The van der Waals surface area contributed by atoms with E-state index in [2.05, 4.69) is 10.6 Å². The zero-order chi connectivity index (χ0) is 10.2. The van der Waals surface area contributed by atoms with Gasteiger partial charge >= 0.3 is 0 Å². The van der Waals surface area contributed by atoms with E-state index >= 15 is 0 Å². The molecule has 0 spiro atoms. The second-order valence-corrected chi connectivity index (χ2v) is 4.04. The third-order valence-corrected chi connectivity index (χ3v) is 2.57. The van der Waals surface area contributed by atoms with Crippen molar-refractivity contribution in [3.05, 3.63) is 0 Å². The first kappa shape index (κ1) is 11.5. The van der Waals surface area contributed by atoms with Crippen molar-refractivity contribution in [1.29, 1.82) is 0 Å². The van der Waals surface area contributed by atoms with Gasteiger partial charge in [-0.2, -0.15) is 0 Å². The number of amides is 1. The van der Waals surface area contributed by atoms with Crippen molar-refractivity contribution >= 4 is 5.91 Å². The zero-order valence-corrected chi connectivity index (χ0v) is 9.14. The quantitative estimate of drug-likeness (QED) is 0.577. The minimum Gasteiger partial charge on any atom is -0.356 e. The lowest BCUT2D eigenvalue weighted by Gasteiger charge is -2.04. The maximum absolute atomic E-state index is 11.0. The van der Waals surface area contributed by atoms with E-state index in [0.29, 0.717) is 6.42 Å². The molecule has 0 aliphatic heterocycles. The van der Waals surface area contributed by atoms with Crippen LogP contribution >= 0.6 is 0 Å². The second kappa shape index (κ2) is 6.82. The first-order chi connectivity index (χ1) is 6.83. The van der Waals surface area contributed by atoms with Gasteiger partial charge in [-0.1, -0.05) is 12.8 Å². The summed E-state index contributed by atoms with van der Waals surface area (Å²) in [6, 6.07) is 0. The van der Waals surface area contributed by atoms with Crippen LogP contribution in [0.3, 0.4) is 0 Å². The topological polar surface area (TPSA) is 41.1 Å². The summed E-state index contributed by atoms with van der Waals surface area (Å²) in [6.07, 6.45) is 6.13. The van der Waals surface area contributed by atoms with E-state index in [-0.39, 0.29) is 5.91 Å². The average Bonchev–Trinajstić information content (AvgIpc) is 2.95. The maximum Gasteiger partial charge on any atom is 0.221 e. The highest BCUT2D eigenvalue weighted by molar-refractivity contribution is 5.75. The molecule has 1 fully saturated rings. The van der Waals surface area contributed by atoms with Crippen LogP contribution in [0.25, 0.3) is 0 Å². The minimum atomic E-state index is 0.155. The van der Waals surface area contributed by atoms with Crippen LogP contribution < -0.4 is 10.6 Å². The second-order valence-electron chi connectivity index (χ2n) is 4.04. The Morgan fingerprint density at radius 2 is 2.14 bits per heavy atom. The van der Waals surface area contributed by atoms with Crippen molar-refractivity contribution in [1.82, 2.24) is 10.6 Å². The van der Waals surface area contributed by atoms with Gasteiger partial charge in [0, 0.05) is 19.5 Å². The van der Waals surface area contributed by atoms with Gasteiger partial charge in [-0.3, -0.25) is 4.79 Å². The van der Waals surface area contributed by atoms with Gasteiger partial charge in [-0.15, -0.1) is 0 Å². The van der Waals surface area contributed by atoms with E-state index < -0.39 is 0 Å². The lowest BCUT2D eigenvalue weighted by Crippen LogP contribution is -2.27. The summed E-state index contributed by atoms with van der Waals surface area (Å²) in [5, 5.41) is 6.08. The molecule has 1 amide bonds. The van der Waals surface area contributed by atoms with E-state index in [9.17, 15) is 4.79 Å². The fourth-order valence-corrected chi connectivity index (χ4v) is 1.53. The average molecular weight is 198 g/mol. The van der Waals surface area contributed by atoms with Crippen LogP contribution in [0.15, 0.2) is 0 Å². The van der Waals surface area contributed by atoms with Crippen molar-refractivity contribution in [2.24, 2.45) is 5.92 Å². The minimum absolute atomic E-state index is 0.155. The van der Waals surface area contributed by atoms with Crippen molar-refractivity contribution in [3.63, 3.8) is 0 Å². The summed E-state index contributed by atoms with van der Waals surface area (Å²) in [5.74, 6) is 1.18. The molecule has 0 aromatic carbocycles. The van der Waals surface area contributed by atoms with Gasteiger partial charge in [0.25, 0.3) is 0 Å². The molecular weight excluding hydrogens is 176 g/mol. The molecule has 0 saturated heterocycles. The molecule has 0 heterocycles. The van der Waals surface area contributed by atoms with Crippen molar-refractivity contribution in [2.75, 3.05) is 19.6 Å². The summed E-state index contributed by atoms with van der Waals surface area (Å²) in [6.45, 7) is 4.56. The SMILES string of the molecule is CCNC(=O)CCNCCCC1CC1. The Hall–Kier alpha value is -0.570. The molecule has 3 heteroatoms. The number of carbonyl (C=O) groups excluding carboxylic acids is 1.